The Morgan fingerprint density at radius 1 is 1.10 bits per heavy atom. The maximum Gasteiger partial charge on any atom is 0.134 e. The first-order valence-corrected chi connectivity index (χ1v) is 6.87. The molecule has 0 saturated carbocycles. The van der Waals surface area contributed by atoms with Crippen LogP contribution in [0.25, 0.3) is 0 Å². The van der Waals surface area contributed by atoms with Crippen LogP contribution in [0.1, 0.15) is 17.2 Å². The molecule has 0 spiro atoms. The maximum atomic E-state index is 13.9. The van der Waals surface area contributed by atoms with Crippen molar-refractivity contribution in [3.8, 4) is 0 Å². The molecular weight excluding hydrogens is 355 g/mol. The van der Waals surface area contributed by atoms with Gasteiger partial charge in [-0.15, -0.1) is 0 Å². The van der Waals surface area contributed by atoms with Gasteiger partial charge in [0.1, 0.15) is 17.5 Å². The molecule has 6 heteroatoms. The van der Waals surface area contributed by atoms with E-state index in [4.69, 9.17) is 11.6 Å². The summed E-state index contributed by atoms with van der Waals surface area (Å²) in [5.41, 5.74) is 0.372. The van der Waals surface area contributed by atoms with Gasteiger partial charge in [0.2, 0.25) is 0 Å². The van der Waals surface area contributed by atoms with E-state index in [1.54, 1.807) is 25.2 Å². The van der Waals surface area contributed by atoms with E-state index in [0.717, 1.165) is 0 Å². The van der Waals surface area contributed by atoms with E-state index in [9.17, 15) is 13.2 Å². The summed E-state index contributed by atoms with van der Waals surface area (Å²) in [5.74, 6) is -2.82. The van der Waals surface area contributed by atoms with Gasteiger partial charge in [0.25, 0.3) is 0 Å². The first kappa shape index (κ1) is 15.4. The van der Waals surface area contributed by atoms with Crippen LogP contribution < -0.4 is 5.32 Å². The average Bonchev–Trinajstić information content (AvgIpc) is 2.37. The lowest BCUT2D eigenvalue weighted by molar-refractivity contribution is 0.500. The molecule has 1 atom stereocenters. The fourth-order valence-corrected chi connectivity index (χ4v) is 2.51. The molecule has 0 radical (unpaired) electrons. The van der Waals surface area contributed by atoms with Crippen LogP contribution in [0.2, 0.25) is 5.02 Å². The number of rotatable bonds is 3. The largest absolute Gasteiger partial charge is 0.309 e. The summed E-state index contributed by atoms with van der Waals surface area (Å²) < 4.78 is 41.3. The summed E-state index contributed by atoms with van der Waals surface area (Å²) in [6.45, 7) is 0. The second-order valence-corrected chi connectivity index (χ2v) is 5.44. The van der Waals surface area contributed by atoms with Crippen molar-refractivity contribution in [3.05, 3.63) is 68.4 Å². The summed E-state index contributed by atoms with van der Waals surface area (Å²) >= 11 is 9.15. The fourth-order valence-electron chi connectivity index (χ4n) is 2.00. The third kappa shape index (κ3) is 3.00. The number of benzene rings is 2. The number of hydrogen-bond acceptors (Lipinski definition) is 1. The second-order valence-electron chi connectivity index (χ2n) is 4.18. The Morgan fingerprint density at radius 2 is 1.70 bits per heavy atom. The van der Waals surface area contributed by atoms with Crippen molar-refractivity contribution in [2.24, 2.45) is 0 Å². The SMILES string of the molecule is CNC(c1ccc(Cl)c(Br)c1)c1c(F)cc(F)cc1F. The number of hydrogen-bond donors (Lipinski definition) is 1. The summed E-state index contributed by atoms with van der Waals surface area (Å²) in [5, 5.41) is 3.31. The molecule has 0 aliphatic carbocycles. The van der Waals surface area contributed by atoms with Gasteiger partial charge in [-0.2, -0.15) is 0 Å². The Balaban J connectivity index is 2.55. The van der Waals surface area contributed by atoms with Crippen molar-refractivity contribution >= 4 is 27.5 Å². The molecule has 0 amide bonds. The minimum absolute atomic E-state index is 0.233. The summed E-state index contributed by atoms with van der Waals surface area (Å²) in [4.78, 5) is 0. The lowest BCUT2D eigenvalue weighted by atomic mass is 9.98. The number of halogens is 5. The molecule has 0 aliphatic rings. The van der Waals surface area contributed by atoms with E-state index < -0.39 is 23.5 Å². The monoisotopic (exact) mass is 363 g/mol. The van der Waals surface area contributed by atoms with Crippen molar-refractivity contribution in [2.45, 2.75) is 6.04 Å². The molecule has 2 aromatic rings. The summed E-state index contributed by atoms with van der Waals surface area (Å²) in [7, 11) is 1.56. The molecule has 20 heavy (non-hydrogen) atoms. The smallest absolute Gasteiger partial charge is 0.134 e. The van der Waals surface area contributed by atoms with E-state index in [-0.39, 0.29) is 5.56 Å². The van der Waals surface area contributed by atoms with Gasteiger partial charge in [-0.3, -0.25) is 0 Å². The van der Waals surface area contributed by atoms with Crippen molar-refractivity contribution in [2.75, 3.05) is 7.05 Å². The molecule has 106 valence electrons. The second kappa shape index (κ2) is 6.16. The van der Waals surface area contributed by atoms with E-state index in [2.05, 4.69) is 21.2 Å². The van der Waals surface area contributed by atoms with Crippen LogP contribution in [-0.4, -0.2) is 7.05 Å². The van der Waals surface area contributed by atoms with Gasteiger partial charge in [0.05, 0.1) is 11.1 Å². The van der Waals surface area contributed by atoms with Crippen molar-refractivity contribution in [1.29, 1.82) is 0 Å². The molecule has 0 bridgehead atoms. The van der Waals surface area contributed by atoms with Gasteiger partial charge in [-0.1, -0.05) is 17.7 Å². The Hall–Kier alpha value is -1.04. The van der Waals surface area contributed by atoms with Crippen LogP contribution in [0.5, 0.6) is 0 Å². The molecule has 0 saturated heterocycles. The topological polar surface area (TPSA) is 12.0 Å². The van der Waals surface area contributed by atoms with Crippen molar-refractivity contribution in [1.82, 2.24) is 5.32 Å². The highest BCUT2D eigenvalue weighted by Gasteiger charge is 2.22. The third-order valence-electron chi connectivity index (χ3n) is 2.90. The van der Waals surface area contributed by atoms with Gasteiger partial charge >= 0.3 is 0 Å². The Morgan fingerprint density at radius 3 is 2.20 bits per heavy atom. The predicted molar refractivity (Wildman–Crippen MR) is 76.4 cm³/mol. The molecule has 2 aromatic carbocycles. The third-order valence-corrected chi connectivity index (χ3v) is 4.11. The zero-order valence-corrected chi connectivity index (χ0v) is 12.7. The highest BCUT2D eigenvalue weighted by molar-refractivity contribution is 9.10. The Kier molecular flexibility index (Phi) is 4.73. The minimum atomic E-state index is -0.948. The normalized spacial score (nSPS) is 12.5. The van der Waals surface area contributed by atoms with Crippen LogP contribution in [-0.2, 0) is 0 Å². The van der Waals surface area contributed by atoms with E-state index >= 15 is 0 Å². The zero-order valence-electron chi connectivity index (χ0n) is 10.4. The standard InChI is InChI=1S/C14H10BrClF3N/c1-20-14(7-2-3-10(16)9(15)4-7)13-11(18)5-8(17)6-12(13)19/h2-6,14,20H,1H3. The van der Waals surface area contributed by atoms with Gasteiger partial charge in [-0.25, -0.2) is 13.2 Å². The summed E-state index contributed by atoms with van der Waals surface area (Å²) in [6, 6.07) is 5.50. The van der Waals surface area contributed by atoms with Crippen LogP contribution in [0, 0.1) is 17.5 Å². The Bertz CT molecular complexity index is 625. The molecular formula is C14H10BrClF3N. The molecule has 1 nitrogen and oxygen atoms in total. The first-order valence-electron chi connectivity index (χ1n) is 5.70. The average molecular weight is 365 g/mol. The lowest BCUT2D eigenvalue weighted by Gasteiger charge is -2.19. The summed E-state index contributed by atoms with van der Waals surface area (Å²) in [6.07, 6.45) is 0. The van der Waals surface area contributed by atoms with Crippen LogP contribution in [0.4, 0.5) is 13.2 Å². The lowest BCUT2D eigenvalue weighted by Crippen LogP contribution is -2.20. The van der Waals surface area contributed by atoms with Gasteiger partial charge in [-0.05, 0) is 40.7 Å². The van der Waals surface area contributed by atoms with E-state index in [1.165, 1.54) is 0 Å². The molecule has 1 unspecified atom stereocenters. The van der Waals surface area contributed by atoms with Gasteiger partial charge in [0.15, 0.2) is 0 Å². The molecule has 0 aromatic heterocycles. The Labute approximate surface area is 127 Å². The highest BCUT2D eigenvalue weighted by Crippen LogP contribution is 2.31. The van der Waals surface area contributed by atoms with E-state index in [1.807, 2.05) is 0 Å². The molecule has 0 aliphatic heterocycles. The zero-order chi connectivity index (χ0) is 14.9. The number of nitrogens with one attached hydrogen (secondary N) is 1. The molecule has 0 fully saturated rings. The van der Waals surface area contributed by atoms with Crippen molar-refractivity contribution < 1.29 is 13.2 Å². The van der Waals surface area contributed by atoms with Crippen LogP contribution in [0.3, 0.4) is 0 Å². The first-order chi connectivity index (χ1) is 9.43. The quantitative estimate of drug-likeness (QED) is 0.823. The van der Waals surface area contributed by atoms with Gasteiger partial charge in [0, 0.05) is 22.2 Å². The molecule has 1 N–H and O–H groups in total. The van der Waals surface area contributed by atoms with Gasteiger partial charge < -0.3 is 5.32 Å². The van der Waals surface area contributed by atoms with E-state index in [0.29, 0.717) is 27.2 Å². The van der Waals surface area contributed by atoms with Crippen molar-refractivity contribution in [3.63, 3.8) is 0 Å². The minimum Gasteiger partial charge on any atom is -0.309 e. The van der Waals surface area contributed by atoms with Crippen LogP contribution in [0.15, 0.2) is 34.8 Å². The molecule has 2 rings (SSSR count). The predicted octanol–water partition coefficient (Wildman–Crippen LogP) is 4.83. The van der Waals surface area contributed by atoms with Crippen LogP contribution >= 0.6 is 27.5 Å². The molecule has 0 heterocycles. The fraction of sp³-hybridized carbons (Fsp3) is 0.143. The maximum absolute atomic E-state index is 13.9. The highest BCUT2D eigenvalue weighted by atomic mass is 79.9.